The molecule has 2 rings (SSSR count). The van der Waals surface area contributed by atoms with E-state index < -0.39 is 12.1 Å². The average molecular weight is 536 g/mol. The molecule has 0 atom stereocenters. The number of alkyl halides is 3. The van der Waals surface area contributed by atoms with E-state index in [4.69, 9.17) is 24.1 Å². The summed E-state index contributed by atoms with van der Waals surface area (Å²) in [6.07, 6.45) is -3.91. The molecule has 37 heavy (non-hydrogen) atoms. The molecule has 0 radical (unpaired) electrons. The minimum atomic E-state index is -5.08. The molecule has 0 bridgehead atoms. The van der Waals surface area contributed by atoms with E-state index in [-0.39, 0.29) is 11.8 Å². The zero-order valence-electron chi connectivity index (χ0n) is 21.8. The Kier molecular flexibility index (Phi) is 13.0. The number of hydrogen-bond donors (Lipinski definition) is 2. The minimum absolute atomic E-state index is 0.0868. The Morgan fingerprint density at radius 1 is 1.03 bits per heavy atom. The zero-order chi connectivity index (χ0) is 28.2. The van der Waals surface area contributed by atoms with Gasteiger partial charge < -0.3 is 34.4 Å². The van der Waals surface area contributed by atoms with Gasteiger partial charge in [0.2, 0.25) is 11.7 Å². The van der Waals surface area contributed by atoms with Gasteiger partial charge in [-0.2, -0.15) is 13.2 Å². The molecule has 1 aliphatic heterocycles. The molecule has 2 amide bonds. The highest BCUT2D eigenvalue weighted by molar-refractivity contribution is 5.96. The third-order valence-electron chi connectivity index (χ3n) is 5.48. The summed E-state index contributed by atoms with van der Waals surface area (Å²) < 4.78 is 47.8. The van der Waals surface area contributed by atoms with Gasteiger partial charge >= 0.3 is 12.1 Å². The van der Waals surface area contributed by atoms with Crippen LogP contribution >= 0.6 is 0 Å². The largest absolute Gasteiger partial charge is 0.493 e. The van der Waals surface area contributed by atoms with E-state index in [9.17, 15) is 22.8 Å². The van der Waals surface area contributed by atoms with Crippen LogP contribution in [0.4, 0.5) is 13.2 Å². The number of methoxy groups -OCH3 is 3. The Morgan fingerprint density at radius 3 is 1.95 bits per heavy atom. The molecule has 10 nitrogen and oxygen atoms in total. The number of hydrogen-bond acceptors (Lipinski definition) is 7. The van der Waals surface area contributed by atoms with Crippen LogP contribution in [0.1, 0.15) is 37.0 Å². The number of nitrogens with zero attached hydrogens (tertiary/aromatic N) is 2. The number of piperazine rings is 1. The van der Waals surface area contributed by atoms with Gasteiger partial charge in [0, 0.05) is 51.3 Å². The van der Waals surface area contributed by atoms with Crippen LogP contribution in [0.15, 0.2) is 12.1 Å². The lowest BCUT2D eigenvalue weighted by Crippen LogP contribution is -2.47. The highest BCUT2D eigenvalue weighted by Gasteiger charge is 2.38. The van der Waals surface area contributed by atoms with Crippen LogP contribution in [0.5, 0.6) is 17.2 Å². The summed E-state index contributed by atoms with van der Waals surface area (Å²) in [5, 5.41) is 10.4. The Balaban J connectivity index is 0.000000856. The molecule has 1 aromatic carbocycles. The fourth-order valence-electron chi connectivity index (χ4n) is 3.42. The smallest absolute Gasteiger partial charge is 0.490 e. The van der Waals surface area contributed by atoms with Crippen molar-refractivity contribution in [3.8, 4) is 17.2 Å². The highest BCUT2D eigenvalue weighted by Crippen LogP contribution is 2.38. The predicted octanol–water partition coefficient (Wildman–Crippen LogP) is 2.66. The van der Waals surface area contributed by atoms with Crippen molar-refractivity contribution in [3.63, 3.8) is 0 Å². The first-order valence-electron chi connectivity index (χ1n) is 11.7. The number of nitrogens with one attached hydrogen (secondary N) is 1. The molecule has 0 saturated carbocycles. The van der Waals surface area contributed by atoms with E-state index >= 15 is 0 Å². The van der Waals surface area contributed by atoms with Crippen LogP contribution in [-0.2, 0) is 9.59 Å². The summed E-state index contributed by atoms with van der Waals surface area (Å²) in [7, 11) is 4.57. The molecular formula is C24H36F3N3O7. The number of amides is 2. The number of carbonyl (C=O) groups is 3. The first-order chi connectivity index (χ1) is 17.3. The van der Waals surface area contributed by atoms with Crippen molar-refractivity contribution in [2.45, 2.75) is 32.9 Å². The molecule has 0 unspecified atom stereocenters. The van der Waals surface area contributed by atoms with Gasteiger partial charge in [0.05, 0.1) is 21.3 Å². The molecule has 210 valence electrons. The standard InChI is InChI=1S/C22H35N3O5.C2HF3O2/c1-16(2)6-10-25(11-7-20(26)24-12-8-23-9-13-24)22(27)17-14-18(28-3)21(30-5)19(15-17)29-4;3-2(4,5)1(6)7/h14-16,23H,6-13H2,1-5H3;(H,6,7). The Bertz CT molecular complexity index is 879. The molecule has 13 heteroatoms. The van der Waals surface area contributed by atoms with Crippen LogP contribution in [-0.4, -0.2) is 99.5 Å². The van der Waals surface area contributed by atoms with Crippen LogP contribution in [0.2, 0.25) is 0 Å². The van der Waals surface area contributed by atoms with E-state index in [0.29, 0.717) is 61.3 Å². The van der Waals surface area contributed by atoms with Gasteiger partial charge in [0.1, 0.15) is 0 Å². The predicted molar refractivity (Wildman–Crippen MR) is 129 cm³/mol. The third kappa shape index (κ3) is 10.3. The maximum Gasteiger partial charge on any atom is 0.490 e. The number of rotatable bonds is 10. The van der Waals surface area contributed by atoms with Crippen molar-refractivity contribution < 1.29 is 46.9 Å². The quantitative estimate of drug-likeness (QED) is 0.470. The van der Waals surface area contributed by atoms with Gasteiger partial charge in [-0.25, -0.2) is 4.79 Å². The van der Waals surface area contributed by atoms with Gasteiger partial charge in [-0.15, -0.1) is 0 Å². The van der Waals surface area contributed by atoms with Gasteiger partial charge in [0.25, 0.3) is 5.91 Å². The Labute approximate surface area is 214 Å². The molecular weight excluding hydrogens is 499 g/mol. The molecule has 1 heterocycles. The lowest BCUT2D eigenvalue weighted by Gasteiger charge is -2.29. The van der Waals surface area contributed by atoms with Crippen molar-refractivity contribution in [3.05, 3.63) is 17.7 Å². The van der Waals surface area contributed by atoms with Crippen LogP contribution in [0.25, 0.3) is 0 Å². The van der Waals surface area contributed by atoms with Gasteiger partial charge in [-0.1, -0.05) is 13.8 Å². The normalized spacial score (nSPS) is 13.4. The number of ether oxygens (including phenoxy) is 3. The average Bonchev–Trinajstić information content (AvgIpc) is 2.87. The number of benzene rings is 1. The van der Waals surface area contributed by atoms with E-state index in [1.165, 1.54) is 21.3 Å². The Hall–Kier alpha value is -3.22. The summed E-state index contributed by atoms with van der Waals surface area (Å²) >= 11 is 0. The van der Waals surface area contributed by atoms with Crippen molar-refractivity contribution in [2.24, 2.45) is 5.92 Å². The van der Waals surface area contributed by atoms with E-state index in [1.807, 2.05) is 4.90 Å². The van der Waals surface area contributed by atoms with Gasteiger partial charge in [-0.3, -0.25) is 9.59 Å². The zero-order valence-corrected chi connectivity index (χ0v) is 21.8. The minimum Gasteiger partial charge on any atom is -0.493 e. The van der Waals surface area contributed by atoms with E-state index in [2.05, 4.69) is 19.2 Å². The fraction of sp³-hybridized carbons (Fsp3) is 0.625. The fourth-order valence-corrected chi connectivity index (χ4v) is 3.42. The molecule has 1 aliphatic rings. The first-order valence-corrected chi connectivity index (χ1v) is 11.7. The van der Waals surface area contributed by atoms with E-state index in [0.717, 1.165) is 19.5 Å². The van der Waals surface area contributed by atoms with Crippen molar-refractivity contribution in [1.82, 2.24) is 15.1 Å². The highest BCUT2D eigenvalue weighted by atomic mass is 19.4. The van der Waals surface area contributed by atoms with Crippen molar-refractivity contribution in [2.75, 3.05) is 60.6 Å². The van der Waals surface area contributed by atoms with Crippen LogP contribution in [0.3, 0.4) is 0 Å². The summed E-state index contributed by atoms with van der Waals surface area (Å²) in [5.41, 5.74) is 0.447. The topological polar surface area (TPSA) is 118 Å². The second-order valence-electron chi connectivity index (χ2n) is 8.57. The van der Waals surface area contributed by atoms with Crippen molar-refractivity contribution in [1.29, 1.82) is 0 Å². The second kappa shape index (κ2) is 15.1. The lowest BCUT2D eigenvalue weighted by molar-refractivity contribution is -0.192. The summed E-state index contributed by atoms with van der Waals surface area (Å²) in [4.78, 5) is 38.4. The summed E-state index contributed by atoms with van der Waals surface area (Å²) in [6, 6.07) is 3.31. The molecule has 1 fully saturated rings. The molecule has 1 aromatic rings. The van der Waals surface area contributed by atoms with Gasteiger partial charge in [-0.05, 0) is 24.5 Å². The number of carboxylic acids is 1. The molecule has 2 N–H and O–H groups in total. The molecule has 0 spiro atoms. The molecule has 0 aliphatic carbocycles. The monoisotopic (exact) mass is 535 g/mol. The maximum absolute atomic E-state index is 13.3. The summed E-state index contributed by atoms with van der Waals surface area (Å²) in [6.45, 7) is 8.26. The second-order valence-corrected chi connectivity index (χ2v) is 8.57. The number of halogens is 3. The number of carbonyl (C=O) groups excluding carboxylic acids is 2. The number of carboxylic acid groups (broad SMARTS) is 1. The Morgan fingerprint density at radius 2 is 1.54 bits per heavy atom. The molecule has 1 saturated heterocycles. The van der Waals surface area contributed by atoms with E-state index in [1.54, 1.807) is 17.0 Å². The van der Waals surface area contributed by atoms with Crippen LogP contribution in [0, 0.1) is 5.92 Å². The lowest BCUT2D eigenvalue weighted by atomic mass is 10.1. The van der Waals surface area contributed by atoms with Gasteiger partial charge in [0.15, 0.2) is 11.5 Å². The third-order valence-corrected chi connectivity index (χ3v) is 5.48. The molecule has 0 aromatic heterocycles. The maximum atomic E-state index is 13.3. The summed E-state index contributed by atoms with van der Waals surface area (Å²) in [5.74, 6) is -1.07. The van der Waals surface area contributed by atoms with Crippen LogP contribution < -0.4 is 19.5 Å². The van der Waals surface area contributed by atoms with Crippen molar-refractivity contribution >= 4 is 17.8 Å². The first kappa shape index (κ1) is 31.8. The SMILES string of the molecule is COc1cc(C(=O)N(CCC(=O)N2CCNCC2)CCC(C)C)cc(OC)c1OC.O=C(O)C(F)(F)F. The number of aliphatic carboxylic acids is 1.